The van der Waals surface area contributed by atoms with E-state index >= 15 is 0 Å². The summed E-state index contributed by atoms with van der Waals surface area (Å²) in [4.78, 5) is 11.7. The zero-order valence-corrected chi connectivity index (χ0v) is 11.1. The molecule has 4 nitrogen and oxygen atoms in total. The fourth-order valence-corrected chi connectivity index (χ4v) is 2.00. The molecule has 0 saturated heterocycles. The van der Waals surface area contributed by atoms with Crippen molar-refractivity contribution in [2.75, 3.05) is 13.2 Å². The molecule has 0 bridgehead atoms. The molecule has 0 saturated carbocycles. The number of carbonyl (C=O) groups is 1. The highest BCUT2D eigenvalue weighted by atomic mass is 16.5. The third kappa shape index (κ3) is 3.15. The van der Waals surface area contributed by atoms with Crippen LogP contribution in [0.5, 0.6) is 5.75 Å². The van der Waals surface area contributed by atoms with E-state index in [4.69, 9.17) is 4.74 Å². The van der Waals surface area contributed by atoms with Gasteiger partial charge < -0.3 is 15.4 Å². The Labute approximate surface area is 108 Å². The van der Waals surface area contributed by atoms with Crippen LogP contribution in [0, 0.1) is 0 Å². The minimum absolute atomic E-state index is 0.133. The summed E-state index contributed by atoms with van der Waals surface area (Å²) >= 11 is 0. The predicted molar refractivity (Wildman–Crippen MR) is 71.0 cm³/mol. The van der Waals surface area contributed by atoms with Crippen molar-refractivity contribution in [2.45, 2.75) is 32.2 Å². The molecule has 4 heteroatoms. The number of para-hydroxylation sites is 1. The highest BCUT2D eigenvalue weighted by Gasteiger charge is 2.24. The van der Waals surface area contributed by atoms with Crippen LogP contribution in [0.15, 0.2) is 24.3 Å². The lowest BCUT2D eigenvalue weighted by Gasteiger charge is -2.21. The molecule has 0 aromatic heterocycles. The van der Waals surface area contributed by atoms with E-state index in [2.05, 4.69) is 16.7 Å². The highest BCUT2D eigenvalue weighted by molar-refractivity contribution is 5.74. The predicted octanol–water partition coefficient (Wildman–Crippen LogP) is 2.26. The number of urea groups is 1. The fourth-order valence-electron chi connectivity index (χ4n) is 2.00. The molecule has 0 fully saturated rings. The number of amides is 2. The van der Waals surface area contributed by atoms with Gasteiger partial charge in [0.15, 0.2) is 0 Å². The van der Waals surface area contributed by atoms with Crippen molar-refractivity contribution in [3.63, 3.8) is 0 Å². The van der Waals surface area contributed by atoms with Crippen LogP contribution >= 0.6 is 0 Å². The molecular formula is C14H20N2O2. The zero-order chi connectivity index (χ0) is 13.2. The van der Waals surface area contributed by atoms with E-state index in [1.807, 2.05) is 39.0 Å². The van der Waals surface area contributed by atoms with Crippen LogP contribution in [0.3, 0.4) is 0 Å². The van der Waals surface area contributed by atoms with Gasteiger partial charge in [0.1, 0.15) is 5.75 Å². The minimum Gasteiger partial charge on any atom is -0.493 e. The van der Waals surface area contributed by atoms with Gasteiger partial charge in [-0.05, 0) is 26.8 Å². The molecule has 98 valence electrons. The van der Waals surface area contributed by atoms with Crippen molar-refractivity contribution in [1.82, 2.24) is 10.6 Å². The van der Waals surface area contributed by atoms with E-state index in [0.29, 0.717) is 13.2 Å². The average molecular weight is 248 g/mol. The molecular weight excluding hydrogens is 228 g/mol. The molecule has 2 N–H and O–H groups in total. The van der Waals surface area contributed by atoms with Gasteiger partial charge in [0, 0.05) is 23.6 Å². The van der Waals surface area contributed by atoms with Crippen molar-refractivity contribution in [1.29, 1.82) is 0 Å². The van der Waals surface area contributed by atoms with Gasteiger partial charge in [-0.3, -0.25) is 0 Å². The van der Waals surface area contributed by atoms with Gasteiger partial charge in [-0.15, -0.1) is 0 Å². The number of fused-ring (bicyclic) bond motifs is 1. The van der Waals surface area contributed by atoms with Gasteiger partial charge in [0.05, 0.1) is 6.61 Å². The van der Waals surface area contributed by atoms with E-state index in [1.54, 1.807) is 0 Å². The van der Waals surface area contributed by atoms with Crippen LogP contribution in [0.25, 0.3) is 0 Å². The first kappa shape index (κ1) is 12.7. The smallest absolute Gasteiger partial charge is 0.315 e. The zero-order valence-electron chi connectivity index (χ0n) is 11.1. The molecule has 0 radical (unpaired) electrons. The van der Waals surface area contributed by atoms with E-state index in [1.165, 1.54) is 5.56 Å². The first-order chi connectivity index (χ1) is 8.46. The topological polar surface area (TPSA) is 50.4 Å². The summed E-state index contributed by atoms with van der Waals surface area (Å²) in [6, 6.07) is 7.84. The Kier molecular flexibility index (Phi) is 3.45. The van der Waals surface area contributed by atoms with Crippen LogP contribution in [0.1, 0.15) is 32.3 Å². The van der Waals surface area contributed by atoms with Gasteiger partial charge in [-0.1, -0.05) is 18.2 Å². The molecule has 1 aromatic rings. The number of ether oxygens (including phenoxy) is 1. The maximum Gasteiger partial charge on any atom is 0.315 e. The number of rotatable bonds is 2. The van der Waals surface area contributed by atoms with Crippen molar-refractivity contribution in [3.05, 3.63) is 29.8 Å². The summed E-state index contributed by atoms with van der Waals surface area (Å²) < 4.78 is 5.57. The number of hydrogen-bond acceptors (Lipinski definition) is 2. The second-order valence-corrected chi connectivity index (χ2v) is 5.63. The number of nitrogens with one attached hydrogen (secondary N) is 2. The monoisotopic (exact) mass is 248 g/mol. The summed E-state index contributed by atoms with van der Waals surface area (Å²) in [6.45, 7) is 7.11. The SMILES string of the molecule is CC(C)(C)NC(=O)NCC1COc2ccccc21. The molecule has 2 rings (SSSR count). The van der Waals surface area contributed by atoms with Crippen molar-refractivity contribution in [3.8, 4) is 5.75 Å². The van der Waals surface area contributed by atoms with E-state index in [9.17, 15) is 4.79 Å². The molecule has 1 aliphatic rings. The standard InChI is InChI=1S/C14H20N2O2/c1-14(2,3)16-13(17)15-8-10-9-18-12-7-5-4-6-11(10)12/h4-7,10H,8-9H2,1-3H3,(H2,15,16,17). The second-order valence-electron chi connectivity index (χ2n) is 5.63. The Hall–Kier alpha value is -1.71. The number of hydrogen-bond donors (Lipinski definition) is 2. The Morgan fingerprint density at radius 3 is 2.83 bits per heavy atom. The van der Waals surface area contributed by atoms with Gasteiger partial charge in [-0.2, -0.15) is 0 Å². The van der Waals surface area contributed by atoms with Crippen LogP contribution in [-0.4, -0.2) is 24.7 Å². The molecule has 1 heterocycles. The summed E-state index contributed by atoms with van der Waals surface area (Å²) in [7, 11) is 0. The van der Waals surface area contributed by atoms with E-state index < -0.39 is 0 Å². The van der Waals surface area contributed by atoms with Crippen LogP contribution < -0.4 is 15.4 Å². The lowest BCUT2D eigenvalue weighted by atomic mass is 10.0. The highest BCUT2D eigenvalue weighted by Crippen LogP contribution is 2.32. The minimum atomic E-state index is -0.214. The van der Waals surface area contributed by atoms with Crippen LogP contribution in [-0.2, 0) is 0 Å². The molecule has 1 aromatic carbocycles. The van der Waals surface area contributed by atoms with E-state index in [0.717, 1.165) is 5.75 Å². The van der Waals surface area contributed by atoms with Gasteiger partial charge in [0.25, 0.3) is 0 Å². The van der Waals surface area contributed by atoms with Crippen molar-refractivity contribution < 1.29 is 9.53 Å². The normalized spacial score (nSPS) is 17.8. The average Bonchev–Trinajstić information content (AvgIpc) is 2.67. The first-order valence-corrected chi connectivity index (χ1v) is 6.23. The van der Waals surface area contributed by atoms with Gasteiger partial charge in [0.2, 0.25) is 0 Å². The first-order valence-electron chi connectivity index (χ1n) is 6.23. The summed E-state index contributed by atoms with van der Waals surface area (Å²) in [5.74, 6) is 1.17. The lowest BCUT2D eigenvalue weighted by Crippen LogP contribution is -2.47. The summed E-state index contributed by atoms with van der Waals surface area (Å²) in [5, 5.41) is 5.77. The number of benzene rings is 1. The molecule has 1 aliphatic heterocycles. The third-order valence-corrected chi connectivity index (χ3v) is 2.80. The fraction of sp³-hybridized carbons (Fsp3) is 0.500. The quantitative estimate of drug-likeness (QED) is 0.843. The van der Waals surface area contributed by atoms with Crippen LogP contribution in [0.4, 0.5) is 4.79 Å². The van der Waals surface area contributed by atoms with Gasteiger partial charge >= 0.3 is 6.03 Å². The van der Waals surface area contributed by atoms with Crippen LogP contribution in [0.2, 0.25) is 0 Å². The number of carbonyl (C=O) groups excluding carboxylic acids is 1. The Morgan fingerprint density at radius 2 is 2.11 bits per heavy atom. The Balaban J connectivity index is 1.87. The molecule has 1 atom stereocenters. The Morgan fingerprint density at radius 1 is 1.39 bits per heavy atom. The van der Waals surface area contributed by atoms with E-state index in [-0.39, 0.29) is 17.5 Å². The maximum absolute atomic E-state index is 11.7. The second kappa shape index (κ2) is 4.88. The summed E-state index contributed by atoms with van der Waals surface area (Å²) in [5.41, 5.74) is 0.960. The molecule has 2 amide bonds. The molecule has 18 heavy (non-hydrogen) atoms. The largest absolute Gasteiger partial charge is 0.493 e. The van der Waals surface area contributed by atoms with Crippen molar-refractivity contribution in [2.24, 2.45) is 0 Å². The van der Waals surface area contributed by atoms with Gasteiger partial charge in [-0.25, -0.2) is 4.79 Å². The maximum atomic E-state index is 11.7. The summed E-state index contributed by atoms with van der Waals surface area (Å²) in [6.07, 6.45) is 0. The lowest BCUT2D eigenvalue weighted by molar-refractivity contribution is 0.230. The Bertz CT molecular complexity index is 438. The molecule has 1 unspecified atom stereocenters. The molecule has 0 spiro atoms. The van der Waals surface area contributed by atoms with Crippen molar-refractivity contribution >= 4 is 6.03 Å². The third-order valence-electron chi connectivity index (χ3n) is 2.80. The molecule has 0 aliphatic carbocycles.